The van der Waals surface area contributed by atoms with Crippen LogP contribution in [0.15, 0.2) is 36.4 Å². The molecule has 0 spiro atoms. The third kappa shape index (κ3) is 6.91. The molecule has 1 amide bonds. The summed E-state index contributed by atoms with van der Waals surface area (Å²) in [6.07, 6.45) is 3.44. The third-order valence-electron chi connectivity index (χ3n) is 2.62. The molecule has 20 heavy (non-hydrogen) atoms. The molecule has 0 aromatic heterocycles. The lowest BCUT2D eigenvalue weighted by Gasteiger charge is -2.11. The van der Waals surface area contributed by atoms with Gasteiger partial charge in [-0.3, -0.25) is 4.79 Å². The smallest absolute Gasteiger partial charge is 0.245 e. The van der Waals surface area contributed by atoms with Gasteiger partial charge >= 0.3 is 0 Å². The lowest BCUT2D eigenvalue weighted by molar-refractivity contribution is -0.123. The Morgan fingerprint density at radius 2 is 2.05 bits per heavy atom. The fourth-order valence-electron chi connectivity index (χ4n) is 1.43. The van der Waals surface area contributed by atoms with Crippen LogP contribution in [-0.4, -0.2) is 44.1 Å². The number of benzene rings is 1. The summed E-state index contributed by atoms with van der Waals surface area (Å²) in [5, 5.41) is 3.27. The topological polar surface area (TPSA) is 41.6 Å². The summed E-state index contributed by atoms with van der Waals surface area (Å²) in [5.74, 6) is 0.868. The van der Waals surface area contributed by atoms with Gasteiger partial charge in [0.1, 0.15) is 12.4 Å². The number of amides is 1. The highest BCUT2D eigenvalue weighted by Crippen LogP contribution is 2.12. The Hall–Kier alpha value is -1.08. The molecule has 1 aromatic rings. The van der Waals surface area contributed by atoms with E-state index in [2.05, 4.69) is 27.9 Å². The molecule has 0 saturated carbocycles. The van der Waals surface area contributed by atoms with Crippen molar-refractivity contribution in [1.82, 2.24) is 10.2 Å². The van der Waals surface area contributed by atoms with Crippen molar-refractivity contribution < 1.29 is 9.53 Å². The van der Waals surface area contributed by atoms with E-state index in [1.807, 2.05) is 37.3 Å². The van der Waals surface area contributed by atoms with Gasteiger partial charge in [0.25, 0.3) is 0 Å². The van der Waals surface area contributed by atoms with Crippen LogP contribution in [-0.2, 0) is 4.79 Å². The van der Waals surface area contributed by atoms with Gasteiger partial charge in [0.15, 0.2) is 0 Å². The van der Waals surface area contributed by atoms with Crippen molar-refractivity contribution in [1.29, 1.82) is 0 Å². The molecule has 1 aromatic carbocycles. The average Bonchev–Trinajstić information content (AvgIpc) is 2.42. The Bertz CT molecular complexity index is 444. The predicted octanol–water partition coefficient (Wildman–Crippen LogP) is 2.29. The van der Waals surface area contributed by atoms with Crippen molar-refractivity contribution in [2.45, 2.75) is 13.0 Å². The Morgan fingerprint density at radius 1 is 1.40 bits per heavy atom. The quantitative estimate of drug-likeness (QED) is 0.443. The summed E-state index contributed by atoms with van der Waals surface area (Å²) in [7, 11) is 3.47. The summed E-state index contributed by atoms with van der Waals surface area (Å²) in [4.78, 5) is 12.9. The van der Waals surface area contributed by atoms with Crippen LogP contribution in [0.1, 0.15) is 6.92 Å². The summed E-state index contributed by atoms with van der Waals surface area (Å²) >= 11 is 2.26. The van der Waals surface area contributed by atoms with Crippen LogP contribution >= 0.6 is 22.6 Å². The summed E-state index contributed by atoms with van der Waals surface area (Å²) in [6.45, 7) is 3.33. The van der Waals surface area contributed by atoms with Crippen LogP contribution in [0.4, 0.5) is 0 Å². The first-order chi connectivity index (χ1) is 9.49. The third-order valence-corrected chi connectivity index (χ3v) is 3.34. The number of likely N-dealkylation sites (N-methyl/N-ethyl adjacent to an activating group) is 1. The van der Waals surface area contributed by atoms with Crippen molar-refractivity contribution in [2.75, 3.05) is 27.2 Å². The number of rotatable bonds is 7. The highest BCUT2D eigenvalue weighted by atomic mass is 127. The standard InChI is InChI=1S/C15H21IN2O2/c1-12(4-9-15(19)18(2)3)17-10-11-20-14-7-5-13(16)6-8-14/h4-9,12,17H,10-11H2,1-3H3. The molecule has 1 atom stereocenters. The lowest BCUT2D eigenvalue weighted by Crippen LogP contribution is -2.29. The number of carbonyl (C=O) groups excluding carboxylic acids is 1. The zero-order chi connectivity index (χ0) is 15.0. The first-order valence-electron chi connectivity index (χ1n) is 6.50. The zero-order valence-corrected chi connectivity index (χ0v) is 14.3. The SMILES string of the molecule is CC(C=CC(=O)N(C)C)NCCOc1ccc(I)cc1. The lowest BCUT2D eigenvalue weighted by atomic mass is 10.3. The highest BCUT2D eigenvalue weighted by Gasteiger charge is 2.00. The molecular weight excluding hydrogens is 367 g/mol. The monoisotopic (exact) mass is 388 g/mol. The largest absolute Gasteiger partial charge is 0.492 e. The second-order valence-corrected chi connectivity index (χ2v) is 5.88. The van der Waals surface area contributed by atoms with Crippen LogP contribution in [0.3, 0.4) is 0 Å². The Morgan fingerprint density at radius 3 is 2.65 bits per heavy atom. The van der Waals surface area contributed by atoms with Gasteiger partial charge in [0, 0.05) is 36.3 Å². The van der Waals surface area contributed by atoms with Crippen LogP contribution in [0.5, 0.6) is 5.75 Å². The van der Waals surface area contributed by atoms with E-state index < -0.39 is 0 Å². The molecule has 0 saturated heterocycles. The maximum absolute atomic E-state index is 11.4. The van der Waals surface area contributed by atoms with Crippen molar-refractivity contribution in [3.63, 3.8) is 0 Å². The predicted molar refractivity (Wildman–Crippen MR) is 90.0 cm³/mol. The number of carbonyl (C=O) groups is 1. The molecule has 0 bridgehead atoms. The minimum Gasteiger partial charge on any atom is -0.492 e. The van der Waals surface area contributed by atoms with E-state index in [4.69, 9.17) is 4.74 Å². The zero-order valence-electron chi connectivity index (χ0n) is 12.1. The minimum atomic E-state index is -0.00575. The van der Waals surface area contributed by atoms with Crippen molar-refractivity contribution in [3.8, 4) is 5.75 Å². The number of hydrogen-bond donors (Lipinski definition) is 1. The van der Waals surface area contributed by atoms with Gasteiger partial charge in [0.05, 0.1) is 0 Å². The maximum Gasteiger partial charge on any atom is 0.245 e. The summed E-state index contributed by atoms with van der Waals surface area (Å²) < 4.78 is 6.80. The first kappa shape index (κ1) is 17.0. The molecule has 4 nitrogen and oxygen atoms in total. The van der Waals surface area contributed by atoms with Crippen molar-refractivity contribution in [2.24, 2.45) is 0 Å². The van der Waals surface area contributed by atoms with Crippen LogP contribution < -0.4 is 10.1 Å². The molecule has 0 fully saturated rings. The fourth-order valence-corrected chi connectivity index (χ4v) is 1.79. The van der Waals surface area contributed by atoms with Gasteiger partial charge in [-0.05, 0) is 53.8 Å². The van der Waals surface area contributed by atoms with Crippen LogP contribution in [0.2, 0.25) is 0 Å². The Kier molecular flexibility index (Phi) is 7.61. The fraction of sp³-hybridized carbons (Fsp3) is 0.400. The van der Waals surface area contributed by atoms with E-state index in [1.165, 1.54) is 3.57 Å². The number of halogens is 1. The van der Waals surface area contributed by atoms with Gasteiger partial charge in [-0.2, -0.15) is 0 Å². The van der Waals surface area contributed by atoms with E-state index in [-0.39, 0.29) is 11.9 Å². The Balaban J connectivity index is 2.20. The van der Waals surface area contributed by atoms with E-state index in [0.717, 1.165) is 12.3 Å². The van der Waals surface area contributed by atoms with E-state index in [0.29, 0.717) is 6.61 Å². The van der Waals surface area contributed by atoms with E-state index in [9.17, 15) is 4.79 Å². The molecule has 1 rings (SSSR count). The minimum absolute atomic E-state index is 0.00575. The molecule has 5 heteroatoms. The normalized spacial score (nSPS) is 12.4. The van der Waals surface area contributed by atoms with E-state index in [1.54, 1.807) is 25.1 Å². The molecule has 1 unspecified atom stereocenters. The molecule has 0 heterocycles. The number of hydrogen-bond acceptors (Lipinski definition) is 3. The van der Waals surface area contributed by atoms with Gasteiger partial charge < -0.3 is 15.0 Å². The molecule has 0 aliphatic carbocycles. The second-order valence-electron chi connectivity index (χ2n) is 4.64. The van der Waals surface area contributed by atoms with Crippen LogP contribution in [0, 0.1) is 3.57 Å². The highest BCUT2D eigenvalue weighted by molar-refractivity contribution is 14.1. The van der Waals surface area contributed by atoms with Crippen LogP contribution in [0.25, 0.3) is 0 Å². The number of ether oxygens (including phenoxy) is 1. The number of nitrogens with zero attached hydrogens (tertiary/aromatic N) is 1. The molecule has 110 valence electrons. The molecule has 0 radical (unpaired) electrons. The molecule has 0 aliphatic rings. The average molecular weight is 388 g/mol. The maximum atomic E-state index is 11.4. The number of nitrogens with one attached hydrogen (secondary N) is 1. The summed E-state index contributed by atoms with van der Waals surface area (Å²) in [6, 6.07) is 8.09. The Labute approximate surface area is 134 Å². The molecule has 0 aliphatic heterocycles. The molecule has 1 N–H and O–H groups in total. The first-order valence-corrected chi connectivity index (χ1v) is 7.58. The van der Waals surface area contributed by atoms with Gasteiger partial charge in [-0.15, -0.1) is 0 Å². The van der Waals surface area contributed by atoms with Gasteiger partial charge in [0.2, 0.25) is 5.91 Å². The van der Waals surface area contributed by atoms with E-state index >= 15 is 0 Å². The van der Waals surface area contributed by atoms with Gasteiger partial charge in [-0.25, -0.2) is 0 Å². The summed E-state index contributed by atoms with van der Waals surface area (Å²) in [5.41, 5.74) is 0. The van der Waals surface area contributed by atoms with Crippen molar-refractivity contribution in [3.05, 3.63) is 40.0 Å². The van der Waals surface area contributed by atoms with Crippen molar-refractivity contribution >= 4 is 28.5 Å². The second kappa shape index (κ2) is 8.97. The van der Waals surface area contributed by atoms with Gasteiger partial charge in [-0.1, -0.05) is 6.08 Å². The molecular formula is C15H21IN2O2.